The predicted molar refractivity (Wildman–Crippen MR) is 91.7 cm³/mol. The lowest BCUT2D eigenvalue weighted by Gasteiger charge is -2.30. The van der Waals surface area contributed by atoms with E-state index in [0.717, 1.165) is 28.6 Å². The molecule has 0 atom stereocenters. The normalized spacial score (nSPS) is 18.0. The topological polar surface area (TPSA) is 67.9 Å². The first-order valence-electron chi connectivity index (χ1n) is 8.19. The van der Waals surface area contributed by atoms with E-state index in [1.807, 2.05) is 29.1 Å². The minimum absolute atomic E-state index is 0.511. The number of halogens is 1. The van der Waals surface area contributed by atoms with E-state index in [9.17, 15) is 0 Å². The third-order valence-corrected chi connectivity index (χ3v) is 5.08. The molecule has 4 heterocycles. The first-order valence-corrected chi connectivity index (χ1v) is 8.53. The SMILES string of the molecule is ClN1C=C2N(C1)c1ccccc1-c1nnc(-n3nncc3C3CC3)n12. The number of anilines is 1. The van der Waals surface area contributed by atoms with Crippen molar-refractivity contribution in [3.63, 3.8) is 0 Å². The Morgan fingerprint density at radius 3 is 2.88 bits per heavy atom. The van der Waals surface area contributed by atoms with Crippen molar-refractivity contribution < 1.29 is 0 Å². The van der Waals surface area contributed by atoms with Gasteiger partial charge in [-0.25, -0.2) is 4.57 Å². The van der Waals surface area contributed by atoms with Crippen molar-refractivity contribution in [3.05, 3.63) is 42.4 Å². The van der Waals surface area contributed by atoms with Crippen LogP contribution in [0.1, 0.15) is 24.5 Å². The standard InChI is InChI=1S/C16H13ClN8/c17-22-8-14-23(9-22)12-4-2-1-3-11(12)15-19-20-16(24(14)15)25-13(7-18-21-25)10-5-6-10/h1-4,7-8,10H,5-6,9H2. The average molecular weight is 353 g/mol. The van der Waals surface area contributed by atoms with Crippen LogP contribution in [0.2, 0.25) is 0 Å². The highest BCUT2D eigenvalue weighted by Crippen LogP contribution is 2.44. The van der Waals surface area contributed by atoms with Gasteiger partial charge >= 0.3 is 0 Å². The molecule has 8 nitrogen and oxygen atoms in total. The molecule has 3 aromatic rings. The Balaban J connectivity index is 1.63. The molecule has 3 aliphatic rings. The maximum atomic E-state index is 6.28. The smallest absolute Gasteiger partial charge is 0.259 e. The van der Waals surface area contributed by atoms with Crippen LogP contribution in [0, 0.1) is 0 Å². The molecular weight excluding hydrogens is 340 g/mol. The fourth-order valence-electron chi connectivity index (χ4n) is 3.57. The van der Waals surface area contributed by atoms with Crippen LogP contribution in [-0.2, 0) is 0 Å². The molecule has 0 amide bonds. The van der Waals surface area contributed by atoms with E-state index in [0.29, 0.717) is 18.5 Å². The van der Waals surface area contributed by atoms with Gasteiger partial charge in [-0.05, 0) is 25.0 Å². The van der Waals surface area contributed by atoms with E-state index in [-0.39, 0.29) is 0 Å². The summed E-state index contributed by atoms with van der Waals surface area (Å²) in [7, 11) is 0. The molecule has 0 spiro atoms. The number of fused-ring (bicyclic) bond motifs is 6. The summed E-state index contributed by atoms with van der Waals surface area (Å²) < 4.78 is 5.44. The van der Waals surface area contributed by atoms with E-state index in [1.54, 1.807) is 9.10 Å². The second-order valence-electron chi connectivity index (χ2n) is 6.48. The fraction of sp³-hybridized carbons (Fsp3) is 0.250. The van der Waals surface area contributed by atoms with Gasteiger partial charge in [-0.2, -0.15) is 4.68 Å². The first-order chi connectivity index (χ1) is 12.3. The number of rotatable bonds is 2. The molecule has 124 valence electrons. The van der Waals surface area contributed by atoms with E-state index in [1.165, 1.54) is 12.8 Å². The van der Waals surface area contributed by atoms with Crippen LogP contribution in [0.3, 0.4) is 0 Å². The second-order valence-corrected chi connectivity index (χ2v) is 6.91. The quantitative estimate of drug-likeness (QED) is 0.660. The molecule has 2 aliphatic heterocycles. The number of hydrogen-bond donors (Lipinski definition) is 0. The maximum Gasteiger partial charge on any atom is 0.259 e. The van der Waals surface area contributed by atoms with Gasteiger partial charge in [0.05, 0.1) is 23.8 Å². The molecule has 1 fully saturated rings. The number of hydrogen-bond acceptors (Lipinski definition) is 6. The molecule has 1 saturated carbocycles. The summed E-state index contributed by atoms with van der Waals surface area (Å²) in [6, 6.07) is 8.15. The van der Waals surface area contributed by atoms with Gasteiger partial charge in [-0.15, -0.1) is 15.3 Å². The number of nitrogens with zero attached hydrogens (tertiary/aromatic N) is 8. The molecule has 1 aromatic carbocycles. The zero-order valence-electron chi connectivity index (χ0n) is 13.1. The fourth-order valence-corrected chi connectivity index (χ4v) is 3.77. The van der Waals surface area contributed by atoms with Gasteiger partial charge in [0.1, 0.15) is 12.5 Å². The van der Waals surface area contributed by atoms with Gasteiger partial charge in [-0.1, -0.05) is 17.3 Å². The lowest BCUT2D eigenvalue weighted by Crippen LogP contribution is -2.29. The van der Waals surface area contributed by atoms with E-state index < -0.39 is 0 Å². The van der Waals surface area contributed by atoms with Crippen LogP contribution in [-0.4, -0.2) is 40.8 Å². The third kappa shape index (κ3) is 1.77. The average Bonchev–Trinajstić information content (AvgIpc) is 3.05. The molecular formula is C16H13ClN8. The molecule has 1 aliphatic carbocycles. The minimum Gasteiger partial charge on any atom is -0.306 e. The van der Waals surface area contributed by atoms with Crippen molar-refractivity contribution >= 4 is 23.3 Å². The molecule has 9 heteroatoms. The van der Waals surface area contributed by atoms with Crippen LogP contribution in [0.5, 0.6) is 0 Å². The van der Waals surface area contributed by atoms with Crippen molar-refractivity contribution in [1.82, 2.24) is 34.2 Å². The van der Waals surface area contributed by atoms with Gasteiger partial charge < -0.3 is 4.90 Å². The molecule has 2 aromatic heterocycles. The van der Waals surface area contributed by atoms with Crippen LogP contribution in [0.4, 0.5) is 5.69 Å². The lowest BCUT2D eigenvalue weighted by molar-refractivity contribution is 0.648. The summed E-state index contributed by atoms with van der Waals surface area (Å²) >= 11 is 6.28. The zero-order chi connectivity index (χ0) is 16.5. The minimum atomic E-state index is 0.511. The first kappa shape index (κ1) is 13.4. The highest BCUT2D eigenvalue weighted by molar-refractivity contribution is 6.15. The Morgan fingerprint density at radius 1 is 1.12 bits per heavy atom. The van der Waals surface area contributed by atoms with Crippen molar-refractivity contribution in [2.45, 2.75) is 18.8 Å². The van der Waals surface area contributed by atoms with Gasteiger partial charge in [0.25, 0.3) is 5.95 Å². The summed E-state index contributed by atoms with van der Waals surface area (Å²) in [6.45, 7) is 0.567. The van der Waals surface area contributed by atoms with Crippen LogP contribution >= 0.6 is 11.8 Å². The highest BCUT2D eigenvalue weighted by atomic mass is 35.5. The van der Waals surface area contributed by atoms with Gasteiger partial charge in [0.2, 0.25) is 0 Å². The molecule has 0 radical (unpaired) electrons. The van der Waals surface area contributed by atoms with Gasteiger partial charge in [0.15, 0.2) is 5.82 Å². The summed E-state index contributed by atoms with van der Waals surface area (Å²) in [4.78, 5) is 2.15. The van der Waals surface area contributed by atoms with Crippen molar-refractivity contribution in [1.29, 1.82) is 0 Å². The van der Waals surface area contributed by atoms with Crippen LogP contribution in [0.15, 0.2) is 36.7 Å². The molecule has 0 bridgehead atoms. The Morgan fingerprint density at radius 2 is 2.00 bits per heavy atom. The van der Waals surface area contributed by atoms with Crippen LogP contribution < -0.4 is 4.90 Å². The lowest BCUT2D eigenvalue weighted by atomic mass is 10.1. The number of para-hydroxylation sites is 1. The third-order valence-electron chi connectivity index (χ3n) is 4.88. The Bertz CT molecular complexity index is 1030. The molecule has 25 heavy (non-hydrogen) atoms. The van der Waals surface area contributed by atoms with E-state index in [4.69, 9.17) is 11.8 Å². The Kier molecular flexibility index (Phi) is 2.47. The molecule has 0 saturated heterocycles. The summed E-state index contributed by atoms with van der Waals surface area (Å²) in [6.07, 6.45) is 6.05. The van der Waals surface area contributed by atoms with Crippen LogP contribution in [0.25, 0.3) is 23.2 Å². The summed E-state index contributed by atoms with van der Waals surface area (Å²) in [5.74, 6) is 2.86. The molecule has 0 N–H and O–H groups in total. The van der Waals surface area contributed by atoms with E-state index >= 15 is 0 Å². The molecule has 0 unspecified atom stereocenters. The van der Waals surface area contributed by atoms with Gasteiger partial charge in [-0.3, -0.25) is 4.42 Å². The Labute approximate surface area is 148 Å². The zero-order valence-corrected chi connectivity index (χ0v) is 13.9. The largest absolute Gasteiger partial charge is 0.306 e. The number of aromatic nitrogens is 6. The maximum absolute atomic E-state index is 6.28. The summed E-state index contributed by atoms with van der Waals surface area (Å²) in [5, 5.41) is 17.3. The monoisotopic (exact) mass is 352 g/mol. The van der Waals surface area contributed by atoms with Gasteiger partial charge in [0, 0.05) is 23.3 Å². The summed E-state index contributed by atoms with van der Waals surface area (Å²) in [5.41, 5.74) is 3.18. The second kappa shape index (κ2) is 4.60. The van der Waals surface area contributed by atoms with Crippen molar-refractivity contribution in [2.75, 3.05) is 11.6 Å². The molecule has 6 rings (SSSR count). The Hall–Kier alpha value is -2.87. The highest BCUT2D eigenvalue weighted by Gasteiger charge is 2.37. The predicted octanol–water partition coefficient (Wildman–Crippen LogP) is 2.41. The van der Waals surface area contributed by atoms with Crippen molar-refractivity contribution in [3.8, 4) is 17.3 Å². The number of benzene rings is 1. The van der Waals surface area contributed by atoms with E-state index in [2.05, 4.69) is 37.5 Å². The van der Waals surface area contributed by atoms with Crippen molar-refractivity contribution in [2.24, 2.45) is 0 Å².